The van der Waals surface area contributed by atoms with Crippen molar-refractivity contribution in [3.8, 4) is 11.5 Å². The maximum Gasteiger partial charge on any atom is 0.325 e. The first kappa shape index (κ1) is 20.0. The molecule has 28 heavy (non-hydrogen) atoms. The van der Waals surface area contributed by atoms with Crippen LogP contribution in [0, 0.1) is 11.8 Å². The zero-order valence-electron chi connectivity index (χ0n) is 16.2. The van der Waals surface area contributed by atoms with Gasteiger partial charge in [-0.15, -0.1) is 0 Å². The average molecular weight is 390 g/mol. The van der Waals surface area contributed by atoms with E-state index in [2.05, 4.69) is 24.5 Å². The normalized spacial score (nSPS) is 23.0. The summed E-state index contributed by atoms with van der Waals surface area (Å²) in [5.74, 6) is 0.588. The second kappa shape index (κ2) is 8.95. The van der Waals surface area contributed by atoms with Crippen molar-refractivity contribution in [3.05, 3.63) is 23.8 Å². The molecule has 8 heteroatoms. The SMILES string of the molecule is C[C@@H]1[C@H](C)CCC[C@@H]1NC(=O)COC(=O)CNC(=O)c1ccc2c(c1)OCO2. The lowest BCUT2D eigenvalue weighted by molar-refractivity contribution is -0.147. The van der Waals surface area contributed by atoms with Gasteiger partial charge in [0.15, 0.2) is 18.1 Å². The molecule has 1 aromatic rings. The van der Waals surface area contributed by atoms with Crippen molar-refractivity contribution >= 4 is 17.8 Å². The molecule has 1 fully saturated rings. The lowest BCUT2D eigenvalue weighted by Gasteiger charge is -2.34. The third-order valence-electron chi connectivity index (χ3n) is 5.45. The number of nitrogens with one attached hydrogen (secondary N) is 2. The molecule has 152 valence electrons. The molecule has 2 aliphatic rings. The molecule has 2 N–H and O–H groups in total. The second-order valence-corrected chi connectivity index (χ2v) is 7.35. The maximum atomic E-state index is 12.1. The van der Waals surface area contributed by atoms with Crippen LogP contribution in [-0.4, -0.2) is 43.8 Å². The Balaban J connectivity index is 1.38. The quantitative estimate of drug-likeness (QED) is 0.716. The average Bonchev–Trinajstić information content (AvgIpc) is 3.16. The highest BCUT2D eigenvalue weighted by atomic mass is 16.7. The summed E-state index contributed by atoms with van der Waals surface area (Å²) in [6.45, 7) is 3.76. The standard InChI is InChI=1S/C20H26N2O6/c1-12-4-3-5-15(13(12)2)22-18(23)10-26-19(24)9-21-20(25)14-6-7-16-17(8-14)28-11-27-16/h6-8,12-13,15H,3-5,9-11H2,1-2H3,(H,21,25)(H,22,23)/t12-,13-,15+/m1/s1. The molecule has 1 heterocycles. The van der Waals surface area contributed by atoms with Crippen molar-refractivity contribution in [3.63, 3.8) is 0 Å². The zero-order valence-corrected chi connectivity index (χ0v) is 16.2. The van der Waals surface area contributed by atoms with Crippen molar-refractivity contribution in [1.29, 1.82) is 0 Å². The summed E-state index contributed by atoms with van der Waals surface area (Å²) in [5.41, 5.74) is 0.343. The van der Waals surface area contributed by atoms with E-state index in [4.69, 9.17) is 14.2 Å². The Hall–Kier alpha value is -2.77. The first-order chi connectivity index (χ1) is 13.4. The number of ether oxygens (including phenoxy) is 3. The van der Waals surface area contributed by atoms with Gasteiger partial charge >= 0.3 is 5.97 Å². The van der Waals surface area contributed by atoms with Crippen LogP contribution >= 0.6 is 0 Å². The fourth-order valence-electron chi connectivity index (χ4n) is 3.52. The van der Waals surface area contributed by atoms with Crippen LogP contribution in [0.3, 0.4) is 0 Å². The van der Waals surface area contributed by atoms with Crippen LogP contribution in [0.5, 0.6) is 11.5 Å². The highest BCUT2D eigenvalue weighted by molar-refractivity contribution is 5.96. The van der Waals surface area contributed by atoms with Gasteiger partial charge in [-0.2, -0.15) is 0 Å². The van der Waals surface area contributed by atoms with Gasteiger partial charge in [-0.3, -0.25) is 14.4 Å². The van der Waals surface area contributed by atoms with Gasteiger partial charge < -0.3 is 24.8 Å². The fraction of sp³-hybridized carbons (Fsp3) is 0.550. The predicted molar refractivity (Wildman–Crippen MR) is 100.0 cm³/mol. The molecule has 8 nitrogen and oxygen atoms in total. The van der Waals surface area contributed by atoms with Crippen molar-refractivity contribution in [2.75, 3.05) is 19.9 Å². The third-order valence-corrected chi connectivity index (χ3v) is 5.45. The number of fused-ring (bicyclic) bond motifs is 1. The minimum Gasteiger partial charge on any atom is -0.454 e. The molecule has 3 rings (SSSR count). The summed E-state index contributed by atoms with van der Waals surface area (Å²) in [5, 5.41) is 5.41. The minimum absolute atomic E-state index is 0.112. The summed E-state index contributed by atoms with van der Waals surface area (Å²) in [6.07, 6.45) is 3.20. The number of hydrogen-bond acceptors (Lipinski definition) is 6. The van der Waals surface area contributed by atoms with Gasteiger partial charge in [-0.05, 0) is 36.5 Å². The highest BCUT2D eigenvalue weighted by Gasteiger charge is 2.28. The molecule has 2 amide bonds. The number of hydrogen-bond donors (Lipinski definition) is 2. The van der Waals surface area contributed by atoms with Gasteiger partial charge in [-0.25, -0.2) is 0 Å². The van der Waals surface area contributed by atoms with Crippen LogP contribution in [0.1, 0.15) is 43.5 Å². The Kier molecular flexibility index (Phi) is 6.38. The van der Waals surface area contributed by atoms with E-state index in [1.54, 1.807) is 18.2 Å². The largest absolute Gasteiger partial charge is 0.454 e. The Morgan fingerprint density at radius 2 is 1.93 bits per heavy atom. The van der Waals surface area contributed by atoms with Gasteiger partial charge in [-0.1, -0.05) is 26.7 Å². The molecule has 1 saturated carbocycles. The van der Waals surface area contributed by atoms with Gasteiger partial charge in [0.1, 0.15) is 6.54 Å². The van der Waals surface area contributed by atoms with Crippen LogP contribution < -0.4 is 20.1 Å². The number of carbonyl (C=O) groups excluding carboxylic acids is 3. The molecule has 1 aliphatic heterocycles. The van der Waals surface area contributed by atoms with Crippen LogP contribution in [0.4, 0.5) is 0 Å². The van der Waals surface area contributed by atoms with Crippen molar-refractivity contribution in [1.82, 2.24) is 10.6 Å². The molecule has 3 atom stereocenters. The van der Waals surface area contributed by atoms with E-state index in [-0.39, 0.29) is 31.9 Å². The lowest BCUT2D eigenvalue weighted by Crippen LogP contribution is -2.45. The van der Waals surface area contributed by atoms with Gasteiger partial charge in [0.25, 0.3) is 11.8 Å². The van der Waals surface area contributed by atoms with Crippen LogP contribution in [0.25, 0.3) is 0 Å². The molecule has 0 aromatic heterocycles. The molecular formula is C20H26N2O6. The lowest BCUT2D eigenvalue weighted by atomic mass is 9.78. The van der Waals surface area contributed by atoms with E-state index in [9.17, 15) is 14.4 Å². The Bertz CT molecular complexity index is 750. The smallest absolute Gasteiger partial charge is 0.325 e. The van der Waals surface area contributed by atoms with Crippen molar-refractivity contribution in [2.45, 2.75) is 39.2 Å². The van der Waals surface area contributed by atoms with E-state index in [1.807, 2.05) is 0 Å². The molecular weight excluding hydrogens is 364 g/mol. The Morgan fingerprint density at radius 1 is 1.14 bits per heavy atom. The minimum atomic E-state index is -0.672. The van der Waals surface area contributed by atoms with Crippen LogP contribution in [0.2, 0.25) is 0 Å². The summed E-state index contributed by atoms with van der Waals surface area (Å²) in [6, 6.07) is 4.87. The van der Waals surface area contributed by atoms with Crippen molar-refractivity contribution in [2.24, 2.45) is 11.8 Å². The molecule has 0 radical (unpaired) electrons. The summed E-state index contributed by atoms with van der Waals surface area (Å²) >= 11 is 0. The molecule has 1 aliphatic carbocycles. The van der Waals surface area contributed by atoms with E-state index in [0.717, 1.165) is 12.8 Å². The monoisotopic (exact) mass is 390 g/mol. The van der Waals surface area contributed by atoms with E-state index >= 15 is 0 Å². The van der Waals surface area contributed by atoms with E-state index < -0.39 is 11.9 Å². The second-order valence-electron chi connectivity index (χ2n) is 7.35. The van der Waals surface area contributed by atoms with Gasteiger partial charge in [0, 0.05) is 11.6 Å². The third kappa shape index (κ3) is 4.94. The number of benzene rings is 1. The number of rotatable bonds is 6. The van der Waals surface area contributed by atoms with E-state index in [1.165, 1.54) is 6.42 Å². The Morgan fingerprint density at radius 3 is 2.75 bits per heavy atom. The molecule has 0 saturated heterocycles. The summed E-state index contributed by atoms with van der Waals surface area (Å²) < 4.78 is 15.4. The highest BCUT2D eigenvalue weighted by Crippen LogP contribution is 2.32. The van der Waals surface area contributed by atoms with Crippen molar-refractivity contribution < 1.29 is 28.6 Å². The Labute approximate surface area is 163 Å². The van der Waals surface area contributed by atoms with Gasteiger partial charge in [0.05, 0.1) is 0 Å². The van der Waals surface area contributed by atoms with E-state index in [0.29, 0.717) is 28.9 Å². The predicted octanol–water partition coefficient (Wildman–Crippen LogP) is 1.63. The molecule has 0 spiro atoms. The maximum absolute atomic E-state index is 12.1. The fourth-order valence-corrected chi connectivity index (χ4v) is 3.52. The molecule has 0 unspecified atom stereocenters. The number of esters is 1. The van der Waals surface area contributed by atoms with Crippen LogP contribution in [-0.2, 0) is 14.3 Å². The molecule has 0 bridgehead atoms. The van der Waals surface area contributed by atoms with Crippen LogP contribution in [0.15, 0.2) is 18.2 Å². The number of amides is 2. The first-order valence-electron chi connectivity index (χ1n) is 9.57. The summed E-state index contributed by atoms with van der Waals surface area (Å²) in [7, 11) is 0. The molecule has 1 aromatic carbocycles. The topological polar surface area (TPSA) is 103 Å². The van der Waals surface area contributed by atoms with Gasteiger partial charge in [0.2, 0.25) is 6.79 Å². The first-order valence-corrected chi connectivity index (χ1v) is 9.57. The summed E-state index contributed by atoms with van der Waals surface area (Å²) in [4.78, 5) is 36.0. The number of carbonyl (C=O) groups is 3. The zero-order chi connectivity index (χ0) is 20.1.